The summed E-state index contributed by atoms with van der Waals surface area (Å²) in [6.07, 6.45) is 2.37. The molecule has 0 saturated carbocycles. The molecule has 7 heteroatoms. The van der Waals surface area contributed by atoms with E-state index in [4.69, 9.17) is 0 Å². The molecule has 2 atom stereocenters. The second-order valence-electron chi connectivity index (χ2n) is 8.68. The van der Waals surface area contributed by atoms with Crippen LogP contribution in [0.3, 0.4) is 0 Å². The summed E-state index contributed by atoms with van der Waals surface area (Å²) in [7, 11) is 0. The largest absolute Gasteiger partial charge is 0.352 e. The van der Waals surface area contributed by atoms with Gasteiger partial charge in [0.2, 0.25) is 5.91 Å². The van der Waals surface area contributed by atoms with Crippen molar-refractivity contribution in [3.8, 4) is 0 Å². The number of para-hydroxylation sites is 1. The van der Waals surface area contributed by atoms with Crippen molar-refractivity contribution >= 4 is 29.0 Å². The number of hydrogen-bond acceptors (Lipinski definition) is 4. The van der Waals surface area contributed by atoms with Gasteiger partial charge in [-0.15, -0.1) is 11.3 Å². The molecule has 1 aliphatic rings. The van der Waals surface area contributed by atoms with Crippen LogP contribution in [0.2, 0.25) is 0 Å². The fraction of sp³-hybridized carbons (Fsp3) is 0.500. The van der Waals surface area contributed by atoms with Crippen molar-refractivity contribution in [1.82, 2.24) is 15.5 Å². The minimum absolute atomic E-state index is 0.0300. The summed E-state index contributed by atoms with van der Waals surface area (Å²) in [6.45, 7) is 8.82. The Labute approximate surface area is 189 Å². The molecule has 2 heterocycles. The van der Waals surface area contributed by atoms with Gasteiger partial charge in [-0.05, 0) is 61.3 Å². The van der Waals surface area contributed by atoms with Crippen LogP contribution in [0.5, 0.6) is 0 Å². The highest BCUT2D eigenvalue weighted by atomic mass is 32.1. The van der Waals surface area contributed by atoms with E-state index in [1.54, 1.807) is 11.3 Å². The van der Waals surface area contributed by atoms with Gasteiger partial charge >= 0.3 is 6.03 Å². The number of urea groups is 1. The Morgan fingerprint density at radius 2 is 1.81 bits per heavy atom. The molecule has 1 aromatic heterocycles. The smallest absolute Gasteiger partial charge is 0.319 e. The van der Waals surface area contributed by atoms with Crippen LogP contribution < -0.4 is 16.0 Å². The number of thiophene rings is 1. The van der Waals surface area contributed by atoms with Crippen molar-refractivity contribution in [2.75, 3.05) is 25.0 Å². The van der Waals surface area contributed by atoms with E-state index < -0.39 is 6.04 Å². The van der Waals surface area contributed by atoms with Gasteiger partial charge < -0.3 is 16.0 Å². The summed E-state index contributed by atoms with van der Waals surface area (Å²) in [5, 5.41) is 10.8. The van der Waals surface area contributed by atoms with Crippen molar-refractivity contribution in [2.45, 2.75) is 45.7 Å². The molecule has 1 saturated heterocycles. The maximum Gasteiger partial charge on any atom is 0.319 e. The zero-order valence-corrected chi connectivity index (χ0v) is 19.5. The predicted octanol–water partition coefficient (Wildman–Crippen LogP) is 4.48. The van der Waals surface area contributed by atoms with Gasteiger partial charge in [0, 0.05) is 17.1 Å². The van der Waals surface area contributed by atoms with Gasteiger partial charge in [-0.3, -0.25) is 9.69 Å². The van der Waals surface area contributed by atoms with Crippen LogP contribution in [0.1, 0.15) is 44.5 Å². The number of carbonyl (C=O) groups excluding carboxylic acids is 2. The third-order valence-electron chi connectivity index (χ3n) is 5.87. The molecule has 1 aliphatic heterocycles. The Bertz CT molecular complexity index is 817. The topological polar surface area (TPSA) is 73.5 Å². The van der Waals surface area contributed by atoms with Crippen LogP contribution in [0.25, 0.3) is 0 Å². The maximum absolute atomic E-state index is 13.0. The minimum Gasteiger partial charge on any atom is -0.352 e. The zero-order valence-electron chi connectivity index (χ0n) is 18.6. The normalized spacial score (nSPS) is 17.2. The van der Waals surface area contributed by atoms with Gasteiger partial charge in [0.05, 0.1) is 6.04 Å². The Hall–Kier alpha value is -2.38. The van der Waals surface area contributed by atoms with Crippen LogP contribution in [0.15, 0.2) is 47.8 Å². The fourth-order valence-electron chi connectivity index (χ4n) is 3.90. The standard InChI is InChI=1S/C24H34N4O2S/c1-17(2)22(27-24(30)26-19-8-5-4-6-9-19)23(29)25-16-20(21-10-7-15-31-21)28-13-11-18(3)12-14-28/h4-10,15,17-18,20,22H,11-14,16H2,1-3H3,(H,25,29)(H2,26,27,30). The summed E-state index contributed by atoms with van der Waals surface area (Å²) in [6, 6.07) is 12.6. The number of rotatable bonds is 8. The van der Waals surface area contributed by atoms with Crippen molar-refractivity contribution in [1.29, 1.82) is 0 Å². The average molecular weight is 443 g/mol. The maximum atomic E-state index is 13.0. The molecule has 168 valence electrons. The van der Waals surface area contributed by atoms with Gasteiger partial charge in [-0.2, -0.15) is 0 Å². The van der Waals surface area contributed by atoms with Crippen LogP contribution >= 0.6 is 11.3 Å². The molecule has 0 spiro atoms. The van der Waals surface area contributed by atoms with E-state index in [0.717, 1.165) is 19.0 Å². The summed E-state index contributed by atoms with van der Waals surface area (Å²) in [4.78, 5) is 29.2. The highest BCUT2D eigenvalue weighted by Crippen LogP contribution is 2.29. The molecular formula is C24H34N4O2S. The molecule has 3 amide bonds. The molecule has 31 heavy (non-hydrogen) atoms. The quantitative estimate of drug-likeness (QED) is 0.564. The second-order valence-corrected chi connectivity index (χ2v) is 9.66. The van der Waals surface area contributed by atoms with E-state index in [9.17, 15) is 9.59 Å². The highest BCUT2D eigenvalue weighted by molar-refractivity contribution is 7.10. The average Bonchev–Trinajstić information content (AvgIpc) is 3.28. The highest BCUT2D eigenvalue weighted by Gasteiger charge is 2.28. The summed E-state index contributed by atoms with van der Waals surface area (Å²) >= 11 is 1.73. The van der Waals surface area contributed by atoms with Crippen molar-refractivity contribution in [3.63, 3.8) is 0 Å². The number of piperidine rings is 1. The molecule has 3 rings (SSSR count). The lowest BCUT2D eigenvalue weighted by molar-refractivity contribution is -0.124. The van der Waals surface area contributed by atoms with Gasteiger partial charge in [-0.1, -0.05) is 45.0 Å². The lowest BCUT2D eigenvalue weighted by Gasteiger charge is -2.36. The summed E-state index contributed by atoms with van der Waals surface area (Å²) < 4.78 is 0. The molecule has 0 radical (unpaired) electrons. The molecule has 2 unspecified atom stereocenters. The lowest BCUT2D eigenvalue weighted by atomic mass is 9.97. The number of benzene rings is 1. The van der Waals surface area contributed by atoms with Crippen molar-refractivity contribution in [2.24, 2.45) is 11.8 Å². The number of likely N-dealkylation sites (tertiary alicyclic amines) is 1. The Morgan fingerprint density at radius 3 is 2.42 bits per heavy atom. The second kappa shape index (κ2) is 11.3. The van der Waals surface area contributed by atoms with Crippen LogP contribution in [-0.4, -0.2) is 42.5 Å². The zero-order chi connectivity index (χ0) is 22.2. The van der Waals surface area contributed by atoms with Crippen LogP contribution in [0, 0.1) is 11.8 Å². The Balaban J connectivity index is 1.60. The number of anilines is 1. The monoisotopic (exact) mass is 442 g/mol. The summed E-state index contributed by atoms with van der Waals surface area (Å²) in [5.74, 6) is 0.579. The van der Waals surface area contributed by atoms with Gasteiger partial charge in [0.25, 0.3) is 0 Å². The molecule has 6 nitrogen and oxygen atoms in total. The first-order valence-electron chi connectivity index (χ1n) is 11.1. The predicted molar refractivity (Wildman–Crippen MR) is 127 cm³/mol. The third-order valence-corrected chi connectivity index (χ3v) is 6.84. The Kier molecular flexibility index (Phi) is 8.49. The number of carbonyl (C=O) groups is 2. The van der Waals surface area contributed by atoms with Gasteiger partial charge in [-0.25, -0.2) is 4.79 Å². The first kappa shape index (κ1) is 23.3. The molecule has 1 aromatic carbocycles. The Morgan fingerprint density at radius 1 is 1.10 bits per heavy atom. The van der Waals surface area contributed by atoms with E-state index in [1.807, 2.05) is 44.2 Å². The van der Waals surface area contributed by atoms with E-state index in [-0.39, 0.29) is 23.9 Å². The lowest BCUT2D eigenvalue weighted by Crippen LogP contribution is -2.52. The number of nitrogens with one attached hydrogen (secondary N) is 3. The van der Waals surface area contributed by atoms with Crippen molar-refractivity contribution in [3.05, 3.63) is 52.7 Å². The van der Waals surface area contributed by atoms with E-state index in [0.29, 0.717) is 12.2 Å². The van der Waals surface area contributed by atoms with E-state index >= 15 is 0 Å². The molecule has 1 fully saturated rings. The van der Waals surface area contributed by atoms with E-state index in [1.165, 1.54) is 17.7 Å². The fourth-order valence-corrected chi connectivity index (χ4v) is 4.76. The number of nitrogens with zero attached hydrogens (tertiary/aromatic N) is 1. The van der Waals surface area contributed by atoms with E-state index in [2.05, 4.69) is 45.3 Å². The minimum atomic E-state index is -0.603. The molecule has 2 aromatic rings. The first-order chi connectivity index (χ1) is 14.9. The molecule has 0 bridgehead atoms. The molecule has 0 aliphatic carbocycles. The SMILES string of the molecule is CC1CCN(C(CNC(=O)C(NC(=O)Nc2ccccc2)C(C)C)c2cccs2)CC1. The molecular weight excluding hydrogens is 408 g/mol. The number of hydrogen-bond donors (Lipinski definition) is 3. The van der Waals surface area contributed by atoms with Crippen LogP contribution in [0.4, 0.5) is 10.5 Å². The van der Waals surface area contributed by atoms with Crippen LogP contribution in [-0.2, 0) is 4.79 Å². The molecule has 3 N–H and O–H groups in total. The third kappa shape index (κ3) is 6.80. The number of amides is 3. The summed E-state index contributed by atoms with van der Waals surface area (Å²) in [5.41, 5.74) is 0.694. The van der Waals surface area contributed by atoms with Gasteiger partial charge in [0.1, 0.15) is 6.04 Å². The van der Waals surface area contributed by atoms with Gasteiger partial charge in [0.15, 0.2) is 0 Å². The first-order valence-corrected chi connectivity index (χ1v) is 12.0. The van der Waals surface area contributed by atoms with Crippen molar-refractivity contribution < 1.29 is 9.59 Å².